The fourth-order valence-electron chi connectivity index (χ4n) is 1.68. The largest absolute Gasteiger partial charge is 0.488 e. The van der Waals surface area contributed by atoms with Gasteiger partial charge in [-0.05, 0) is 32.0 Å². The first kappa shape index (κ1) is 10.9. The monoisotopic (exact) mass is 216 g/mol. The van der Waals surface area contributed by atoms with Gasteiger partial charge in [0, 0.05) is 11.6 Å². The molecule has 3 heteroatoms. The van der Waals surface area contributed by atoms with E-state index in [1.807, 2.05) is 37.3 Å². The van der Waals surface area contributed by atoms with Gasteiger partial charge in [-0.25, -0.2) is 0 Å². The highest BCUT2D eigenvalue weighted by Crippen LogP contribution is 2.24. The first-order valence-corrected chi connectivity index (χ1v) is 5.51. The van der Waals surface area contributed by atoms with Gasteiger partial charge < -0.3 is 10.5 Å². The van der Waals surface area contributed by atoms with E-state index in [1.165, 1.54) is 0 Å². The second-order valence-corrected chi connectivity index (χ2v) is 3.84. The first-order chi connectivity index (χ1) is 7.81. The van der Waals surface area contributed by atoms with Crippen LogP contribution in [0.1, 0.15) is 13.3 Å². The maximum Gasteiger partial charge on any atom is 0.145 e. The zero-order valence-electron chi connectivity index (χ0n) is 9.39. The Hall–Kier alpha value is -1.61. The van der Waals surface area contributed by atoms with Crippen molar-refractivity contribution in [1.82, 2.24) is 4.98 Å². The zero-order valence-corrected chi connectivity index (χ0v) is 9.39. The van der Waals surface area contributed by atoms with Crippen molar-refractivity contribution in [2.45, 2.75) is 19.4 Å². The molecule has 0 saturated heterocycles. The molecule has 0 fully saturated rings. The number of ether oxygens (including phenoxy) is 1. The third kappa shape index (κ3) is 2.31. The molecule has 2 aromatic rings. The third-order valence-corrected chi connectivity index (χ3v) is 2.50. The van der Waals surface area contributed by atoms with Gasteiger partial charge in [0.2, 0.25) is 0 Å². The van der Waals surface area contributed by atoms with Gasteiger partial charge in [-0.2, -0.15) is 0 Å². The van der Waals surface area contributed by atoms with Crippen LogP contribution in [0.2, 0.25) is 0 Å². The standard InChI is InChI=1S/C13H16N2O/c1-10(7-8-14)16-12-6-2-4-11-5-3-9-15-13(11)12/h2-6,9-10H,7-8,14H2,1H3. The minimum absolute atomic E-state index is 0.123. The van der Waals surface area contributed by atoms with Gasteiger partial charge in [0.1, 0.15) is 11.3 Å². The van der Waals surface area contributed by atoms with Crippen LogP contribution in [0.4, 0.5) is 0 Å². The zero-order chi connectivity index (χ0) is 11.4. The number of rotatable bonds is 4. The number of hydrogen-bond acceptors (Lipinski definition) is 3. The van der Waals surface area contributed by atoms with Crippen LogP contribution in [0.25, 0.3) is 10.9 Å². The second kappa shape index (κ2) is 4.94. The summed E-state index contributed by atoms with van der Waals surface area (Å²) in [6.07, 6.45) is 2.75. The number of hydrogen-bond donors (Lipinski definition) is 1. The Bertz CT molecular complexity index is 465. The summed E-state index contributed by atoms with van der Waals surface area (Å²) < 4.78 is 5.83. The van der Waals surface area contributed by atoms with Crippen LogP contribution in [-0.4, -0.2) is 17.6 Å². The Morgan fingerprint density at radius 3 is 2.94 bits per heavy atom. The van der Waals surface area contributed by atoms with E-state index >= 15 is 0 Å². The highest BCUT2D eigenvalue weighted by molar-refractivity contribution is 5.84. The lowest BCUT2D eigenvalue weighted by Gasteiger charge is -2.14. The molecule has 0 spiro atoms. The minimum Gasteiger partial charge on any atom is -0.488 e. The average Bonchev–Trinajstić information content (AvgIpc) is 2.30. The van der Waals surface area contributed by atoms with Crippen molar-refractivity contribution >= 4 is 10.9 Å². The lowest BCUT2D eigenvalue weighted by Crippen LogP contribution is -2.17. The van der Waals surface area contributed by atoms with Crippen molar-refractivity contribution < 1.29 is 4.74 Å². The average molecular weight is 216 g/mol. The molecule has 16 heavy (non-hydrogen) atoms. The van der Waals surface area contributed by atoms with E-state index in [2.05, 4.69) is 4.98 Å². The highest BCUT2D eigenvalue weighted by atomic mass is 16.5. The van der Waals surface area contributed by atoms with Crippen molar-refractivity contribution in [2.24, 2.45) is 5.73 Å². The van der Waals surface area contributed by atoms with Crippen LogP contribution < -0.4 is 10.5 Å². The molecular formula is C13H16N2O. The van der Waals surface area contributed by atoms with Crippen LogP contribution in [0.3, 0.4) is 0 Å². The molecule has 2 N–H and O–H groups in total. The number of fused-ring (bicyclic) bond motifs is 1. The first-order valence-electron chi connectivity index (χ1n) is 5.51. The molecule has 0 aliphatic heterocycles. The molecule has 0 bridgehead atoms. The topological polar surface area (TPSA) is 48.1 Å². The van der Waals surface area contributed by atoms with E-state index in [-0.39, 0.29) is 6.10 Å². The van der Waals surface area contributed by atoms with E-state index in [0.717, 1.165) is 23.1 Å². The fraction of sp³-hybridized carbons (Fsp3) is 0.308. The number of nitrogens with zero attached hydrogens (tertiary/aromatic N) is 1. The lowest BCUT2D eigenvalue weighted by molar-refractivity contribution is 0.216. The van der Waals surface area contributed by atoms with Crippen LogP contribution in [0, 0.1) is 0 Å². The normalized spacial score (nSPS) is 12.6. The van der Waals surface area contributed by atoms with E-state index in [0.29, 0.717) is 6.54 Å². The molecule has 2 rings (SSSR count). The summed E-state index contributed by atoms with van der Waals surface area (Å²) in [6.45, 7) is 2.66. The molecule has 3 nitrogen and oxygen atoms in total. The maximum atomic E-state index is 5.83. The summed E-state index contributed by atoms with van der Waals surface area (Å²) in [5.74, 6) is 0.832. The van der Waals surface area contributed by atoms with Crippen molar-refractivity contribution in [3.63, 3.8) is 0 Å². The van der Waals surface area contributed by atoms with Crippen molar-refractivity contribution in [3.8, 4) is 5.75 Å². The van der Waals surface area contributed by atoms with E-state index in [9.17, 15) is 0 Å². The molecule has 0 amide bonds. The van der Waals surface area contributed by atoms with E-state index < -0.39 is 0 Å². The van der Waals surface area contributed by atoms with Crippen LogP contribution in [0.5, 0.6) is 5.75 Å². The number of pyridine rings is 1. The summed E-state index contributed by atoms with van der Waals surface area (Å²) in [4.78, 5) is 4.34. The maximum absolute atomic E-state index is 5.83. The predicted molar refractivity (Wildman–Crippen MR) is 65.5 cm³/mol. The molecule has 1 aromatic carbocycles. The number of para-hydroxylation sites is 1. The summed E-state index contributed by atoms with van der Waals surface area (Å²) >= 11 is 0. The highest BCUT2D eigenvalue weighted by Gasteiger charge is 2.06. The molecule has 0 aliphatic rings. The van der Waals surface area contributed by atoms with E-state index in [4.69, 9.17) is 10.5 Å². The molecule has 0 aliphatic carbocycles. The van der Waals surface area contributed by atoms with E-state index in [1.54, 1.807) is 6.20 Å². The van der Waals surface area contributed by atoms with Gasteiger partial charge in [0.15, 0.2) is 0 Å². The SMILES string of the molecule is CC(CCN)Oc1cccc2cccnc12. The van der Waals surface area contributed by atoms with Crippen molar-refractivity contribution in [1.29, 1.82) is 0 Å². The minimum atomic E-state index is 0.123. The van der Waals surface area contributed by atoms with Crippen molar-refractivity contribution in [3.05, 3.63) is 36.5 Å². The molecule has 0 saturated carbocycles. The molecule has 1 atom stereocenters. The molecule has 1 heterocycles. The van der Waals surface area contributed by atoms with Crippen molar-refractivity contribution in [2.75, 3.05) is 6.54 Å². The summed E-state index contributed by atoms with van der Waals surface area (Å²) in [6, 6.07) is 9.91. The molecule has 1 aromatic heterocycles. The van der Waals surface area contributed by atoms with Gasteiger partial charge in [-0.15, -0.1) is 0 Å². The smallest absolute Gasteiger partial charge is 0.145 e. The second-order valence-electron chi connectivity index (χ2n) is 3.84. The Morgan fingerprint density at radius 1 is 1.31 bits per heavy atom. The fourth-order valence-corrected chi connectivity index (χ4v) is 1.68. The Kier molecular flexibility index (Phi) is 3.37. The van der Waals surface area contributed by atoms with Crippen LogP contribution in [-0.2, 0) is 0 Å². The summed E-state index contributed by atoms with van der Waals surface area (Å²) in [5.41, 5.74) is 6.41. The number of nitrogens with two attached hydrogens (primary N) is 1. The predicted octanol–water partition coefficient (Wildman–Crippen LogP) is 2.35. The summed E-state index contributed by atoms with van der Waals surface area (Å²) in [5, 5.41) is 1.10. The lowest BCUT2D eigenvalue weighted by atomic mass is 10.2. The number of aromatic nitrogens is 1. The Labute approximate surface area is 95.2 Å². The Morgan fingerprint density at radius 2 is 2.12 bits per heavy atom. The molecule has 84 valence electrons. The van der Waals surface area contributed by atoms with Gasteiger partial charge in [0.25, 0.3) is 0 Å². The number of benzene rings is 1. The molecule has 1 unspecified atom stereocenters. The van der Waals surface area contributed by atoms with Gasteiger partial charge in [0.05, 0.1) is 6.10 Å². The quantitative estimate of drug-likeness (QED) is 0.853. The molecular weight excluding hydrogens is 200 g/mol. The summed E-state index contributed by atoms with van der Waals surface area (Å²) in [7, 11) is 0. The van der Waals surface area contributed by atoms with Gasteiger partial charge >= 0.3 is 0 Å². The van der Waals surface area contributed by atoms with Crippen LogP contribution >= 0.6 is 0 Å². The van der Waals surface area contributed by atoms with Gasteiger partial charge in [-0.3, -0.25) is 4.98 Å². The molecule has 0 radical (unpaired) electrons. The van der Waals surface area contributed by atoms with Crippen LogP contribution in [0.15, 0.2) is 36.5 Å². The third-order valence-electron chi connectivity index (χ3n) is 2.50. The van der Waals surface area contributed by atoms with Gasteiger partial charge in [-0.1, -0.05) is 18.2 Å². The Balaban J connectivity index is 2.30.